The quantitative estimate of drug-likeness (QED) is 0.718. The van der Waals surface area contributed by atoms with Gasteiger partial charge in [-0.2, -0.15) is 4.31 Å². The molecule has 23 heavy (non-hydrogen) atoms. The monoisotopic (exact) mass is 426 g/mol. The van der Waals surface area contributed by atoms with Crippen LogP contribution in [0.5, 0.6) is 0 Å². The van der Waals surface area contributed by atoms with Crippen LogP contribution in [0.4, 0.5) is 4.39 Å². The summed E-state index contributed by atoms with van der Waals surface area (Å²) in [5.74, 6) is -0.554. The third kappa shape index (κ3) is 2.95. The molecule has 1 aromatic rings. The average Bonchev–Trinajstić information content (AvgIpc) is 2.74. The van der Waals surface area contributed by atoms with Crippen LogP contribution in [0.1, 0.15) is 18.4 Å². The van der Waals surface area contributed by atoms with Gasteiger partial charge >= 0.3 is 0 Å². The zero-order valence-corrected chi connectivity index (χ0v) is 15.6. The van der Waals surface area contributed by atoms with Crippen LogP contribution in [-0.4, -0.2) is 50.8 Å². The zero-order chi connectivity index (χ0) is 17.0. The molecule has 1 fully saturated rings. The van der Waals surface area contributed by atoms with Gasteiger partial charge in [-0.25, -0.2) is 25.5 Å². The van der Waals surface area contributed by atoms with Gasteiger partial charge in [0, 0.05) is 31.2 Å². The van der Waals surface area contributed by atoms with Crippen LogP contribution in [0.2, 0.25) is 0 Å². The molecule has 1 aromatic carbocycles. The minimum Gasteiger partial charge on any atom is -0.213 e. The molecule has 2 heterocycles. The lowest BCUT2D eigenvalue weighted by atomic mass is 10.1. The third-order valence-corrected chi connectivity index (χ3v) is 8.25. The number of fused-ring (bicyclic) bond motifs is 1. The zero-order valence-electron chi connectivity index (χ0n) is 12.4. The SMILES string of the molecule is CS(=O)(=O)N1CCC(N2Cc3c(ccc(Br)c3F)S2(=O)=O)CC1. The second-order valence-corrected chi connectivity index (χ2v) is 10.5. The van der Waals surface area contributed by atoms with E-state index in [0.717, 1.165) is 6.26 Å². The molecule has 0 bridgehead atoms. The Balaban J connectivity index is 1.86. The maximum Gasteiger partial charge on any atom is 0.244 e. The highest BCUT2D eigenvalue weighted by Gasteiger charge is 2.42. The van der Waals surface area contributed by atoms with Gasteiger partial charge in [0.1, 0.15) is 5.82 Å². The summed E-state index contributed by atoms with van der Waals surface area (Å²) < 4.78 is 65.4. The van der Waals surface area contributed by atoms with Crippen LogP contribution in [0.15, 0.2) is 21.5 Å². The van der Waals surface area contributed by atoms with E-state index in [1.54, 1.807) is 0 Å². The van der Waals surface area contributed by atoms with Gasteiger partial charge in [0.2, 0.25) is 20.0 Å². The highest BCUT2D eigenvalue weighted by molar-refractivity contribution is 9.10. The Morgan fingerprint density at radius 2 is 1.87 bits per heavy atom. The predicted molar refractivity (Wildman–Crippen MR) is 86.3 cm³/mol. The molecule has 6 nitrogen and oxygen atoms in total. The van der Waals surface area contributed by atoms with Crippen molar-refractivity contribution in [3.8, 4) is 0 Å². The van der Waals surface area contributed by atoms with E-state index in [-0.39, 0.29) is 40.6 Å². The van der Waals surface area contributed by atoms with Crippen molar-refractivity contribution in [3.05, 3.63) is 28.0 Å². The van der Waals surface area contributed by atoms with Crippen molar-refractivity contribution in [2.45, 2.75) is 30.3 Å². The predicted octanol–water partition coefficient (Wildman–Crippen LogP) is 1.52. The van der Waals surface area contributed by atoms with E-state index < -0.39 is 25.9 Å². The Kier molecular flexibility index (Phi) is 4.33. The molecule has 0 aliphatic carbocycles. The molecule has 0 atom stereocenters. The van der Waals surface area contributed by atoms with Gasteiger partial charge in [-0.3, -0.25) is 0 Å². The molecular formula is C13H16BrFN2O4S2. The Morgan fingerprint density at radius 3 is 2.43 bits per heavy atom. The van der Waals surface area contributed by atoms with E-state index >= 15 is 0 Å². The van der Waals surface area contributed by atoms with Gasteiger partial charge in [-0.15, -0.1) is 0 Å². The van der Waals surface area contributed by atoms with Crippen LogP contribution in [0, 0.1) is 5.82 Å². The summed E-state index contributed by atoms with van der Waals surface area (Å²) in [6.07, 6.45) is 1.95. The van der Waals surface area contributed by atoms with Crippen molar-refractivity contribution in [3.63, 3.8) is 0 Å². The van der Waals surface area contributed by atoms with E-state index in [2.05, 4.69) is 15.9 Å². The van der Waals surface area contributed by atoms with Gasteiger partial charge in [-0.1, -0.05) is 0 Å². The van der Waals surface area contributed by atoms with Crippen LogP contribution >= 0.6 is 15.9 Å². The Labute approximate surface area is 143 Å². The topological polar surface area (TPSA) is 74.8 Å². The lowest BCUT2D eigenvalue weighted by Gasteiger charge is -2.34. The second kappa shape index (κ2) is 5.76. The molecule has 2 aliphatic rings. The van der Waals surface area contributed by atoms with Crippen molar-refractivity contribution >= 4 is 36.0 Å². The van der Waals surface area contributed by atoms with E-state index in [1.807, 2.05) is 0 Å². The second-order valence-electron chi connectivity index (χ2n) is 5.78. The van der Waals surface area contributed by atoms with Gasteiger partial charge in [0.05, 0.1) is 15.6 Å². The minimum absolute atomic E-state index is 0.00347. The minimum atomic E-state index is -3.73. The molecule has 0 saturated carbocycles. The Hall–Kier alpha value is -0.550. The Morgan fingerprint density at radius 1 is 1.26 bits per heavy atom. The largest absolute Gasteiger partial charge is 0.244 e. The lowest BCUT2D eigenvalue weighted by molar-refractivity contribution is 0.217. The highest BCUT2D eigenvalue weighted by Crippen LogP contribution is 2.38. The first-order valence-corrected chi connectivity index (χ1v) is 11.1. The first-order chi connectivity index (χ1) is 10.6. The normalized spacial score (nSPS) is 23.1. The van der Waals surface area contributed by atoms with E-state index in [0.29, 0.717) is 12.8 Å². The highest BCUT2D eigenvalue weighted by atomic mass is 79.9. The van der Waals surface area contributed by atoms with Crippen LogP contribution in [0.25, 0.3) is 0 Å². The first-order valence-electron chi connectivity index (χ1n) is 7.06. The van der Waals surface area contributed by atoms with Gasteiger partial charge in [0.15, 0.2) is 0 Å². The van der Waals surface area contributed by atoms with Crippen molar-refractivity contribution in [1.29, 1.82) is 0 Å². The van der Waals surface area contributed by atoms with E-state index in [4.69, 9.17) is 0 Å². The van der Waals surface area contributed by atoms with Gasteiger partial charge in [-0.05, 0) is 40.9 Å². The number of nitrogens with zero attached hydrogens (tertiary/aromatic N) is 2. The molecular weight excluding hydrogens is 411 g/mol. The fourth-order valence-corrected chi connectivity index (χ4v) is 6.22. The third-order valence-electron chi connectivity index (χ3n) is 4.35. The number of sulfonamides is 2. The first kappa shape index (κ1) is 17.3. The molecule has 0 radical (unpaired) electrons. The van der Waals surface area contributed by atoms with E-state index in [1.165, 1.54) is 20.7 Å². The van der Waals surface area contributed by atoms with Gasteiger partial charge < -0.3 is 0 Å². The number of benzene rings is 1. The van der Waals surface area contributed by atoms with Crippen LogP contribution < -0.4 is 0 Å². The average molecular weight is 427 g/mol. The van der Waals surface area contributed by atoms with E-state index in [9.17, 15) is 21.2 Å². The molecule has 10 heteroatoms. The molecule has 3 rings (SSSR count). The van der Waals surface area contributed by atoms with Gasteiger partial charge in [0.25, 0.3) is 0 Å². The fourth-order valence-electron chi connectivity index (χ4n) is 3.12. The summed E-state index contributed by atoms with van der Waals surface area (Å²) in [5.41, 5.74) is 0.171. The number of halogens is 2. The van der Waals surface area contributed by atoms with Crippen molar-refractivity contribution < 1.29 is 21.2 Å². The lowest BCUT2D eigenvalue weighted by Crippen LogP contribution is -2.46. The van der Waals surface area contributed by atoms with Crippen LogP contribution in [0.3, 0.4) is 0 Å². The molecule has 0 N–H and O–H groups in total. The molecule has 0 unspecified atom stereocenters. The summed E-state index contributed by atoms with van der Waals surface area (Å²) >= 11 is 3.07. The smallest absolute Gasteiger partial charge is 0.213 e. The maximum absolute atomic E-state index is 14.2. The van der Waals surface area contributed by atoms with Crippen molar-refractivity contribution in [2.24, 2.45) is 0 Å². The summed E-state index contributed by atoms with van der Waals surface area (Å²) in [4.78, 5) is 0.00347. The fraction of sp³-hybridized carbons (Fsp3) is 0.538. The standard InChI is InChI=1S/C13H16BrFN2O4S2/c1-22(18,19)16-6-4-9(5-7-16)17-8-10-12(23(17,20)21)3-2-11(14)13(10)15/h2-3,9H,4-8H2,1H3. The number of hydrogen-bond donors (Lipinski definition) is 0. The molecule has 0 aromatic heterocycles. The summed E-state index contributed by atoms with van der Waals surface area (Å²) in [6.45, 7) is 0.544. The number of hydrogen-bond acceptors (Lipinski definition) is 4. The molecule has 0 amide bonds. The molecule has 128 valence electrons. The Bertz CT molecular complexity index is 849. The summed E-state index contributed by atoms with van der Waals surface area (Å²) in [5, 5.41) is 0. The summed E-state index contributed by atoms with van der Waals surface area (Å²) in [6, 6.07) is 2.48. The number of piperidine rings is 1. The van der Waals surface area contributed by atoms with Crippen molar-refractivity contribution in [1.82, 2.24) is 8.61 Å². The number of rotatable bonds is 2. The molecule has 1 saturated heterocycles. The van der Waals surface area contributed by atoms with Crippen molar-refractivity contribution in [2.75, 3.05) is 19.3 Å². The summed E-state index contributed by atoms with van der Waals surface area (Å²) in [7, 11) is -7.00. The molecule has 2 aliphatic heterocycles. The van der Waals surface area contributed by atoms with Crippen LogP contribution in [-0.2, 0) is 26.6 Å². The maximum atomic E-state index is 14.2. The molecule has 0 spiro atoms.